The molecule has 0 unspecified atom stereocenters. The third-order valence-electron chi connectivity index (χ3n) is 4.86. The monoisotopic (exact) mass is 494 g/mol. The third kappa shape index (κ3) is 5.68. The van der Waals surface area contributed by atoms with Gasteiger partial charge < -0.3 is 14.2 Å². The number of hydrogen-bond acceptors (Lipinski definition) is 7. The van der Waals surface area contributed by atoms with E-state index in [1.54, 1.807) is 24.3 Å². The van der Waals surface area contributed by atoms with Crippen molar-refractivity contribution in [1.82, 2.24) is 15.0 Å². The van der Waals surface area contributed by atoms with E-state index in [1.807, 2.05) is 6.92 Å². The molecule has 0 spiro atoms. The number of benzene rings is 2. The smallest absolute Gasteiger partial charge is 0.246 e. The average Bonchev–Trinajstić information content (AvgIpc) is 3.24. The molecule has 1 aromatic heterocycles. The number of carbonyl (C=O) groups excluding carboxylic acids is 1. The molecule has 0 N–H and O–H groups in total. The second-order valence-electron chi connectivity index (χ2n) is 7.50. The minimum Gasteiger partial charge on any atom is -0.494 e. The minimum absolute atomic E-state index is 0.0947. The summed E-state index contributed by atoms with van der Waals surface area (Å²) in [5.74, 6) is -1.83. The van der Waals surface area contributed by atoms with Gasteiger partial charge in [-0.15, -0.1) is 0 Å². The molecule has 0 aliphatic heterocycles. The zero-order chi connectivity index (χ0) is 25.0. The Hall–Kier alpha value is -3.54. The van der Waals surface area contributed by atoms with E-state index in [9.17, 15) is 22.0 Å². The van der Waals surface area contributed by atoms with Crippen molar-refractivity contribution in [2.75, 3.05) is 24.2 Å². The van der Waals surface area contributed by atoms with Gasteiger partial charge in [0.25, 0.3) is 0 Å². The summed E-state index contributed by atoms with van der Waals surface area (Å²) in [6.07, 6.45) is 0.874. The molecule has 1 atom stereocenters. The van der Waals surface area contributed by atoms with Crippen molar-refractivity contribution in [1.29, 1.82) is 0 Å². The topological polar surface area (TPSA) is 106 Å². The number of rotatable bonds is 9. The summed E-state index contributed by atoms with van der Waals surface area (Å²) >= 11 is 0. The van der Waals surface area contributed by atoms with Crippen LogP contribution in [0.1, 0.15) is 19.7 Å². The quantitative estimate of drug-likeness (QED) is 0.450. The number of likely N-dealkylation sites (N-methyl/N-ethyl adjacent to an activating group) is 1. The molecule has 0 radical (unpaired) electrons. The number of ether oxygens (including phenoxy) is 1. The van der Waals surface area contributed by atoms with Crippen LogP contribution in [0.5, 0.6) is 5.75 Å². The molecule has 0 bridgehead atoms. The minimum atomic E-state index is -4.00. The molecule has 9 nitrogen and oxygen atoms in total. The number of hydrogen-bond donors (Lipinski definition) is 0. The van der Waals surface area contributed by atoms with Crippen molar-refractivity contribution < 1.29 is 31.3 Å². The Morgan fingerprint density at radius 3 is 2.41 bits per heavy atom. The Morgan fingerprint density at radius 2 is 1.82 bits per heavy atom. The van der Waals surface area contributed by atoms with Crippen LogP contribution in [0.25, 0.3) is 11.4 Å². The molecule has 0 fully saturated rings. The number of sulfonamides is 1. The van der Waals surface area contributed by atoms with Crippen molar-refractivity contribution >= 4 is 21.6 Å². The molecular weight excluding hydrogens is 470 g/mol. The predicted molar refractivity (Wildman–Crippen MR) is 121 cm³/mol. The number of carbonyl (C=O) groups is 1. The zero-order valence-corrected chi connectivity index (χ0v) is 19.8. The van der Waals surface area contributed by atoms with Gasteiger partial charge in [0.15, 0.2) is 11.6 Å². The maximum Gasteiger partial charge on any atom is 0.246 e. The molecule has 1 heterocycles. The summed E-state index contributed by atoms with van der Waals surface area (Å²) < 4.78 is 63.1. The van der Waals surface area contributed by atoms with E-state index in [1.165, 1.54) is 18.9 Å². The third-order valence-corrected chi connectivity index (χ3v) is 6.11. The summed E-state index contributed by atoms with van der Waals surface area (Å²) in [7, 11) is -2.57. The van der Waals surface area contributed by atoms with E-state index in [2.05, 4.69) is 10.1 Å². The molecule has 0 aliphatic carbocycles. The first-order valence-corrected chi connectivity index (χ1v) is 12.1. The first-order valence-electron chi connectivity index (χ1n) is 10.3. The van der Waals surface area contributed by atoms with Crippen LogP contribution < -0.4 is 9.04 Å². The second-order valence-corrected chi connectivity index (χ2v) is 9.36. The molecule has 0 saturated heterocycles. The first-order chi connectivity index (χ1) is 16.0. The molecular formula is C22H24F2N4O5S. The van der Waals surface area contributed by atoms with E-state index in [0.29, 0.717) is 23.7 Å². The van der Waals surface area contributed by atoms with Gasteiger partial charge in [-0.25, -0.2) is 17.2 Å². The van der Waals surface area contributed by atoms with Gasteiger partial charge in [-0.3, -0.25) is 9.10 Å². The van der Waals surface area contributed by atoms with E-state index in [-0.39, 0.29) is 18.1 Å². The average molecular weight is 495 g/mol. The highest BCUT2D eigenvalue weighted by atomic mass is 32.2. The van der Waals surface area contributed by atoms with Crippen LogP contribution in [0, 0.1) is 11.6 Å². The van der Waals surface area contributed by atoms with Gasteiger partial charge in [-0.1, -0.05) is 5.16 Å². The van der Waals surface area contributed by atoms with Crippen LogP contribution in [0.4, 0.5) is 14.5 Å². The van der Waals surface area contributed by atoms with E-state index < -0.39 is 33.6 Å². The van der Waals surface area contributed by atoms with E-state index in [0.717, 1.165) is 28.8 Å². The van der Waals surface area contributed by atoms with Crippen LogP contribution >= 0.6 is 0 Å². The number of amides is 1. The number of anilines is 1. The fourth-order valence-electron chi connectivity index (χ4n) is 3.33. The summed E-state index contributed by atoms with van der Waals surface area (Å²) in [4.78, 5) is 18.5. The standard InChI is InChI=1S/C22H24F2N4O5S/c1-5-32-17-9-6-15(7-10-17)21-25-20(33-26-21)13-27(3)22(29)14(2)28(34(4,30)31)16-8-11-18(23)19(24)12-16/h6-12,14H,5,13H2,1-4H3/t14-/m1/s1. The Kier molecular flexibility index (Phi) is 7.50. The maximum absolute atomic E-state index is 13.7. The first kappa shape index (κ1) is 25.1. The number of nitrogens with zero attached hydrogens (tertiary/aromatic N) is 4. The Balaban J connectivity index is 1.75. The summed E-state index contributed by atoms with van der Waals surface area (Å²) in [6, 6.07) is 8.42. The molecule has 12 heteroatoms. The lowest BCUT2D eigenvalue weighted by molar-refractivity contribution is -0.131. The molecule has 0 aliphatic rings. The van der Waals surface area contributed by atoms with Gasteiger partial charge in [0.05, 0.1) is 25.1 Å². The van der Waals surface area contributed by atoms with Crippen molar-refractivity contribution in [3.8, 4) is 17.1 Å². The number of halogens is 2. The van der Waals surface area contributed by atoms with Crippen LogP contribution in [0.3, 0.4) is 0 Å². The largest absolute Gasteiger partial charge is 0.494 e. The Bertz CT molecular complexity index is 1260. The van der Waals surface area contributed by atoms with Gasteiger partial charge in [0.1, 0.15) is 11.8 Å². The van der Waals surface area contributed by atoms with Gasteiger partial charge in [0, 0.05) is 18.7 Å². The summed E-state index contributed by atoms with van der Waals surface area (Å²) in [5, 5.41) is 3.91. The highest BCUT2D eigenvalue weighted by molar-refractivity contribution is 7.92. The lowest BCUT2D eigenvalue weighted by Gasteiger charge is -2.30. The lowest BCUT2D eigenvalue weighted by Crippen LogP contribution is -2.48. The Morgan fingerprint density at radius 1 is 1.15 bits per heavy atom. The molecule has 3 rings (SSSR count). The van der Waals surface area contributed by atoms with E-state index in [4.69, 9.17) is 9.26 Å². The van der Waals surface area contributed by atoms with Gasteiger partial charge >= 0.3 is 0 Å². The second kappa shape index (κ2) is 10.2. The Labute approximate surface area is 196 Å². The lowest BCUT2D eigenvalue weighted by atomic mass is 10.2. The maximum atomic E-state index is 13.7. The fourth-order valence-corrected chi connectivity index (χ4v) is 4.49. The van der Waals surface area contributed by atoms with Gasteiger partial charge in [-0.05, 0) is 50.2 Å². The van der Waals surface area contributed by atoms with Gasteiger partial charge in [-0.2, -0.15) is 4.98 Å². The van der Waals surface area contributed by atoms with Crippen molar-refractivity contribution in [3.05, 3.63) is 60.0 Å². The van der Waals surface area contributed by atoms with Gasteiger partial charge in [0.2, 0.25) is 27.6 Å². The van der Waals surface area contributed by atoms with Crippen molar-refractivity contribution in [2.45, 2.75) is 26.4 Å². The summed E-state index contributed by atoms with van der Waals surface area (Å²) in [5.41, 5.74) is 0.508. The molecule has 34 heavy (non-hydrogen) atoms. The summed E-state index contributed by atoms with van der Waals surface area (Å²) in [6.45, 7) is 3.67. The fraction of sp³-hybridized carbons (Fsp3) is 0.318. The highest BCUT2D eigenvalue weighted by Crippen LogP contribution is 2.24. The van der Waals surface area contributed by atoms with Crippen LogP contribution in [0.2, 0.25) is 0 Å². The molecule has 3 aromatic rings. The van der Waals surface area contributed by atoms with Crippen LogP contribution in [-0.2, 0) is 21.4 Å². The molecule has 2 aromatic carbocycles. The van der Waals surface area contributed by atoms with Crippen LogP contribution in [-0.4, -0.2) is 55.3 Å². The highest BCUT2D eigenvalue weighted by Gasteiger charge is 2.32. The number of aromatic nitrogens is 2. The van der Waals surface area contributed by atoms with Crippen molar-refractivity contribution in [3.63, 3.8) is 0 Å². The SMILES string of the molecule is CCOc1ccc(-c2noc(CN(C)C(=O)[C@@H](C)N(c3ccc(F)c(F)c3)S(C)(=O)=O)n2)cc1. The molecule has 1 amide bonds. The molecule has 0 saturated carbocycles. The van der Waals surface area contributed by atoms with E-state index >= 15 is 0 Å². The predicted octanol–water partition coefficient (Wildman–Crippen LogP) is 3.23. The van der Waals surface area contributed by atoms with Crippen molar-refractivity contribution in [2.24, 2.45) is 0 Å². The normalized spacial score (nSPS) is 12.3. The zero-order valence-electron chi connectivity index (χ0n) is 19.0. The molecule has 182 valence electrons. The van der Waals surface area contributed by atoms with Crippen LogP contribution in [0.15, 0.2) is 47.0 Å².